The first-order chi connectivity index (χ1) is 10.1. The lowest BCUT2D eigenvalue weighted by molar-refractivity contribution is -0.117. The summed E-state index contributed by atoms with van der Waals surface area (Å²) in [6.45, 7) is 3.90. The molecule has 0 spiro atoms. The van der Waals surface area contributed by atoms with Crippen LogP contribution >= 0.6 is 0 Å². The fourth-order valence-corrected chi connectivity index (χ4v) is 2.42. The maximum Gasteiger partial charge on any atom is 0.241 e. The Labute approximate surface area is 124 Å². The minimum Gasteiger partial charge on any atom is -0.457 e. The van der Waals surface area contributed by atoms with E-state index in [2.05, 4.69) is 10.6 Å². The molecule has 1 aliphatic rings. The molecule has 2 N–H and O–H groups in total. The second-order valence-corrected chi connectivity index (χ2v) is 5.30. The SMILES string of the molecule is CC1NC(C)c2cccc(c2)Oc2cccc(c2)NC1=O. The second-order valence-electron chi connectivity index (χ2n) is 5.30. The van der Waals surface area contributed by atoms with Crippen molar-refractivity contribution in [3.05, 3.63) is 54.1 Å². The molecular weight excluding hydrogens is 264 g/mol. The van der Waals surface area contributed by atoms with E-state index in [1.165, 1.54) is 0 Å². The average molecular weight is 282 g/mol. The van der Waals surface area contributed by atoms with Crippen molar-refractivity contribution in [2.24, 2.45) is 0 Å². The summed E-state index contributed by atoms with van der Waals surface area (Å²) < 4.78 is 5.86. The van der Waals surface area contributed by atoms with E-state index in [-0.39, 0.29) is 18.0 Å². The maximum atomic E-state index is 12.2. The number of hydrogen-bond acceptors (Lipinski definition) is 3. The van der Waals surface area contributed by atoms with E-state index in [1.54, 1.807) is 0 Å². The van der Waals surface area contributed by atoms with E-state index in [0.717, 1.165) is 17.0 Å². The molecule has 2 atom stereocenters. The highest BCUT2D eigenvalue weighted by Crippen LogP contribution is 2.27. The van der Waals surface area contributed by atoms with E-state index in [9.17, 15) is 4.79 Å². The fraction of sp³-hybridized carbons (Fsp3) is 0.235. The van der Waals surface area contributed by atoms with Crippen molar-refractivity contribution in [2.45, 2.75) is 25.9 Å². The summed E-state index contributed by atoms with van der Waals surface area (Å²) in [4.78, 5) is 12.2. The van der Waals surface area contributed by atoms with E-state index in [4.69, 9.17) is 4.74 Å². The highest BCUT2D eigenvalue weighted by molar-refractivity contribution is 5.94. The van der Waals surface area contributed by atoms with Gasteiger partial charge in [0.25, 0.3) is 0 Å². The van der Waals surface area contributed by atoms with Crippen LogP contribution in [0.15, 0.2) is 48.5 Å². The Kier molecular flexibility index (Phi) is 3.62. The first-order valence-electron chi connectivity index (χ1n) is 7.06. The molecule has 4 bridgehead atoms. The number of hydrogen-bond donors (Lipinski definition) is 2. The van der Waals surface area contributed by atoms with Crippen molar-refractivity contribution in [3.8, 4) is 11.5 Å². The first kappa shape index (κ1) is 13.6. The van der Waals surface area contributed by atoms with E-state index in [1.807, 2.05) is 62.4 Å². The number of carbonyl (C=O) groups is 1. The van der Waals surface area contributed by atoms with Crippen LogP contribution in [-0.2, 0) is 4.79 Å². The van der Waals surface area contributed by atoms with Crippen LogP contribution in [0.2, 0.25) is 0 Å². The fourth-order valence-electron chi connectivity index (χ4n) is 2.42. The number of amides is 1. The predicted octanol–water partition coefficient (Wildman–Crippen LogP) is 3.47. The average Bonchev–Trinajstić information content (AvgIpc) is 2.47. The molecule has 4 heteroatoms. The highest BCUT2D eigenvalue weighted by Gasteiger charge is 2.17. The van der Waals surface area contributed by atoms with Gasteiger partial charge in [0.2, 0.25) is 5.91 Å². The molecule has 4 nitrogen and oxygen atoms in total. The van der Waals surface area contributed by atoms with Gasteiger partial charge in [-0.15, -0.1) is 0 Å². The predicted molar refractivity (Wildman–Crippen MR) is 82.6 cm³/mol. The Hall–Kier alpha value is -2.33. The molecule has 0 aromatic heterocycles. The van der Waals surface area contributed by atoms with Crippen LogP contribution < -0.4 is 15.4 Å². The molecule has 1 aliphatic heterocycles. The number of ether oxygens (including phenoxy) is 1. The summed E-state index contributed by atoms with van der Waals surface area (Å²) in [6.07, 6.45) is 0. The summed E-state index contributed by atoms with van der Waals surface area (Å²) in [7, 11) is 0. The standard InChI is InChI=1S/C17H18N2O2/c1-11-13-5-3-7-15(9-13)21-16-8-4-6-14(10-16)19-17(20)12(2)18-11/h3-12,18H,1-2H3,(H,19,20). The number of anilines is 1. The summed E-state index contributed by atoms with van der Waals surface area (Å²) in [5.41, 5.74) is 1.82. The lowest BCUT2D eigenvalue weighted by Gasteiger charge is -2.21. The third-order valence-corrected chi connectivity index (χ3v) is 3.59. The maximum absolute atomic E-state index is 12.2. The van der Waals surface area contributed by atoms with Gasteiger partial charge in [-0.25, -0.2) is 0 Å². The normalized spacial score (nSPS) is 21.5. The van der Waals surface area contributed by atoms with Crippen LogP contribution in [0.1, 0.15) is 25.5 Å². The Balaban J connectivity index is 2.03. The van der Waals surface area contributed by atoms with Crippen molar-refractivity contribution >= 4 is 11.6 Å². The van der Waals surface area contributed by atoms with Crippen LogP contribution in [0.3, 0.4) is 0 Å². The third kappa shape index (κ3) is 3.06. The number of fused-ring (bicyclic) bond motifs is 4. The zero-order valence-electron chi connectivity index (χ0n) is 12.1. The molecule has 1 heterocycles. The number of rotatable bonds is 0. The van der Waals surface area contributed by atoms with Gasteiger partial charge < -0.3 is 10.1 Å². The van der Waals surface area contributed by atoms with Gasteiger partial charge in [-0.2, -0.15) is 0 Å². The van der Waals surface area contributed by atoms with Crippen molar-refractivity contribution in [1.29, 1.82) is 0 Å². The van der Waals surface area contributed by atoms with Gasteiger partial charge in [-0.3, -0.25) is 10.1 Å². The van der Waals surface area contributed by atoms with Gasteiger partial charge in [-0.1, -0.05) is 18.2 Å². The number of nitrogens with one attached hydrogen (secondary N) is 2. The zero-order valence-corrected chi connectivity index (χ0v) is 12.1. The Morgan fingerprint density at radius 3 is 2.48 bits per heavy atom. The Morgan fingerprint density at radius 1 is 0.952 bits per heavy atom. The molecule has 0 aliphatic carbocycles. The zero-order chi connectivity index (χ0) is 14.8. The molecule has 2 aromatic carbocycles. The molecule has 108 valence electrons. The van der Waals surface area contributed by atoms with Crippen molar-refractivity contribution in [1.82, 2.24) is 5.32 Å². The Bertz CT molecular complexity index is 669. The van der Waals surface area contributed by atoms with Crippen LogP contribution in [-0.4, -0.2) is 11.9 Å². The highest BCUT2D eigenvalue weighted by atomic mass is 16.5. The van der Waals surface area contributed by atoms with Gasteiger partial charge in [-0.05, 0) is 43.7 Å². The van der Waals surface area contributed by atoms with Gasteiger partial charge in [0.1, 0.15) is 11.5 Å². The molecular formula is C17H18N2O2. The molecule has 0 fully saturated rings. The van der Waals surface area contributed by atoms with Gasteiger partial charge >= 0.3 is 0 Å². The second kappa shape index (κ2) is 5.58. The van der Waals surface area contributed by atoms with E-state index >= 15 is 0 Å². The van der Waals surface area contributed by atoms with Crippen molar-refractivity contribution in [2.75, 3.05) is 5.32 Å². The summed E-state index contributed by atoms with van der Waals surface area (Å²) in [6, 6.07) is 15.1. The van der Waals surface area contributed by atoms with Gasteiger partial charge in [0.05, 0.1) is 6.04 Å². The summed E-state index contributed by atoms with van der Waals surface area (Å²) >= 11 is 0. The quantitative estimate of drug-likeness (QED) is 0.778. The topological polar surface area (TPSA) is 50.4 Å². The van der Waals surface area contributed by atoms with Crippen LogP contribution in [0.4, 0.5) is 5.69 Å². The monoisotopic (exact) mass is 282 g/mol. The summed E-state index contributed by atoms with van der Waals surface area (Å²) in [5, 5.41) is 6.19. The molecule has 21 heavy (non-hydrogen) atoms. The van der Waals surface area contributed by atoms with Crippen molar-refractivity contribution < 1.29 is 9.53 Å². The summed E-state index contributed by atoms with van der Waals surface area (Å²) in [5.74, 6) is 1.44. The lowest BCUT2D eigenvalue weighted by atomic mass is 10.1. The van der Waals surface area contributed by atoms with E-state index < -0.39 is 0 Å². The third-order valence-electron chi connectivity index (χ3n) is 3.59. The lowest BCUT2D eigenvalue weighted by Crippen LogP contribution is -2.39. The van der Waals surface area contributed by atoms with E-state index in [0.29, 0.717) is 5.75 Å². The van der Waals surface area contributed by atoms with Crippen LogP contribution in [0.5, 0.6) is 11.5 Å². The minimum absolute atomic E-state index is 0.0595. The van der Waals surface area contributed by atoms with Gasteiger partial charge in [0.15, 0.2) is 0 Å². The molecule has 2 unspecified atom stereocenters. The van der Waals surface area contributed by atoms with Crippen molar-refractivity contribution in [3.63, 3.8) is 0 Å². The first-order valence-corrected chi connectivity index (χ1v) is 7.06. The molecule has 3 rings (SSSR count). The molecule has 0 saturated heterocycles. The van der Waals surface area contributed by atoms with Crippen LogP contribution in [0.25, 0.3) is 0 Å². The molecule has 0 saturated carbocycles. The molecule has 1 amide bonds. The Morgan fingerprint density at radius 2 is 1.67 bits per heavy atom. The molecule has 0 radical (unpaired) electrons. The largest absolute Gasteiger partial charge is 0.457 e. The van der Waals surface area contributed by atoms with Gasteiger partial charge in [0, 0.05) is 17.8 Å². The number of carbonyl (C=O) groups excluding carboxylic acids is 1. The minimum atomic E-state index is -0.285. The molecule has 2 aromatic rings. The smallest absolute Gasteiger partial charge is 0.241 e. The van der Waals surface area contributed by atoms with Crippen LogP contribution in [0, 0.1) is 0 Å². The number of benzene rings is 2.